The Morgan fingerprint density at radius 1 is 1.56 bits per heavy atom. The highest BCUT2D eigenvalue weighted by atomic mass is 79.9. The van der Waals surface area contributed by atoms with E-state index in [9.17, 15) is 4.79 Å². The van der Waals surface area contributed by atoms with Gasteiger partial charge >= 0.3 is 5.69 Å². The van der Waals surface area contributed by atoms with E-state index in [0.717, 1.165) is 4.47 Å². The van der Waals surface area contributed by atoms with Crippen molar-refractivity contribution in [3.63, 3.8) is 0 Å². The first kappa shape index (κ1) is 13.1. The molecule has 0 aliphatic rings. The molecule has 0 aliphatic heterocycles. The highest BCUT2D eigenvalue weighted by Gasteiger charge is 2.14. The highest BCUT2D eigenvalue weighted by Crippen LogP contribution is 2.33. The van der Waals surface area contributed by atoms with Crippen LogP contribution in [-0.4, -0.2) is 31.8 Å². The maximum atomic E-state index is 11.4. The van der Waals surface area contributed by atoms with Crippen LogP contribution in [0.4, 0.5) is 5.82 Å². The van der Waals surface area contributed by atoms with Gasteiger partial charge in [-0.25, -0.2) is 19.9 Å². The SMILES string of the molecule is CCn1c(Sc2ncnc(NC)c2Br)n[nH]c1=O. The average molecular weight is 331 g/mol. The summed E-state index contributed by atoms with van der Waals surface area (Å²) in [5, 5.41) is 10.6. The zero-order valence-corrected chi connectivity index (χ0v) is 12.2. The Labute approximate surface area is 116 Å². The number of hydrogen-bond donors (Lipinski definition) is 2. The third-order valence-electron chi connectivity index (χ3n) is 2.22. The molecule has 0 amide bonds. The number of halogens is 1. The topological polar surface area (TPSA) is 88.5 Å². The zero-order chi connectivity index (χ0) is 13.1. The van der Waals surface area contributed by atoms with Gasteiger partial charge in [0.15, 0.2) is 5.16 Å². The van der Waals surface area contributed by atoms with Crippen molar-refractivity contribution in [3.8, 4) is 0 Å². The molecule has 96 valence electrons. The average Bonchev–Trinajstić information content (AvgIpc) is 2.72. The normalized spacial score (nSPS) is 10.6. The molecule has 0 aromatic carbocycles. The number of nitrogens with zero attached hydrogens (tertiary/aromatic N) is 4. The zero-order valence-electron chi connectivity index (χ0n) is 9.77. The Hall–Kier alpha value is -1.35. The van der Waals surface area contributed by atoms with E-state index < -0.39 is 0 Å². The molecular weight excluding hydrogens is 320 g/mol. The Balaban J connectivity index is 2.37. The lowest BCUT2D eigenvalue weighted by Crippen LogP contribution is -2.16. The largest absolute Gasteiger partial charge is 0.372 e. The van der Waals surface area contributed by atoms with Gasteiger partial charge in [0.25, 0.3) is 0 Å². The summed E-state index contributed by atoms with van der Waals surface area (Å²) >= 11 is 4.72. The third kappa shape index (κ3) is 2.41. The van der Waals surface area contributed by atoms with E-state index in [1.807, 2.05) is 6.92 Å². The molecule has 2 heterocycles. The molecule has 2 aromatic rings. The summed E-state index contributed by atoms with van der Waals surface area (Å²) < 4.78 is 2.29. The predicted octanol–water partition coefficient (Wildman–Crippen LogP) is 1.34. The van der Waals surface area contributed by atoms with Gasteiger partial charge in [-0.05, 0) is 34.6 Å². The molecule has 0 saturated heterocycles. The van der Waals surface area contributed by atoms with Gasteiger partial charge in [0.1, 0.15) is 17.2 Å². The minimum absolute atomic E-state index is 0.223. The van der Waals surface area contributed by atoms with Crippen molar-refractivity contribution in [1.29, 1.82) is 0 Å². The second kappa shape index (κ2) is 5.53. The lowest BCUT2D eigenvalue weighted by atomic mass is 10.6. The molecule has 0 aliphatic carbocycles. The van der Waals surface area contributed by atoms with Crippen molar-refractivity contribution in [2.75, 3.05) is 12.4 Å². The van der Waals surface area contributed by atoms with Crippen LogP contribution in [0.2, 0.25) is 0 Å². The predicted molar refractivity (Wildman–Crippen MR) is 71.9 cm³/mol. The summed E-state index contributed by atoms with van der Waals surface area (Å²) in [7, 11) is 1.78. The molecule has 2 rings (SSSR count). The van der Waals surface area contributed by atoms with Crippen molar-refractivity contribution < 1.29 is 0 Å². The van der Waals surface area contributed by atoms with Crippen LogP contribution in [0, 0.1) is 0 Å². The summed E-state index contributed by atoms with van der Waals surface area (Å²) in [6, 6.07) is 0. The van der Waals surface area contributed by atoms with Crippen molar-refractivity contribution in [1.82, 2.24) is 24.7 Å². The van der Waals surface area contributed by atoms with Crippen LogP contribution in [0.15, 0.2) is 25.8 Å². The lowest BCUT2D eigenvalue weighted by molar-refractivity contribution is 0.660. The summed E-state index contributed by atoms with van der Waals surface area (Å²) in [6.45, 7) is 2.44. The highest BCUT2D eigenvalue weighted by molar-refractivity contribution is 9.10. The van der Waals surface area contributed by atoms with Gasteiger partial charge in [-0.15, -0.1) is 5.10 Å². The Kier molecular flexibility index (Phi) is 4.02. The van der Waals surface area contributed by atoms with Gasteiger partial charge in [-0.3, -0.25) is 4.57 Å². The number of anilines is 1. The second-order valence-corrected chi connectivity index (χ2v) is 5.00. The summed E-state index contributed by atoms with van der Waals surface area (Å²) in [5.41, 5.74) is -0.223. The van der Waals surface area contributed by atoms with Crippen molar-refractivity contribution >= 4 is 33.5 Å². The van der Waals surface area contributed by atoms with Crippen LogP contribution in [0.3, 0.4) is 0 Å². The van der Waals surface area contributed by atoms with Crippen molar-refractivity contribution in [2.45, 2.75) is 23.7 Å². The van der Waals surface area contributed by atoms with Gasteiger partial charge in [-0.2, -0.15) is 0 Å². The Morgan fingerprint density at radius 2 is 2.33 bits per heavy atom. The molecule has 0 saturated carbocycles. The van der Waals surface area contributed by atoms with E-state index in [1.165, 1.54) is 22.7 Å². The van der Waals surface area contributed by atoms with Crippen LogP contribution >= 0.6 is 27.7 Å². The van der Waals surface area contributed by atoms with Crippen molar-refractivity contribution in [3.05, 3.63) is 21.3 Å². The van der Waals surface area contributed by atoms with E-state index in [-0.39, 0.29) is 5.69 Å². The maximum absolute atomic E-state index is 11.4. The van der Waals surface area contributed by atoms with Gasteiger partial charge in [0, 0.05) is 13.6 Å². The van der Waals surface area contributed by atoms with Crippen LogP contribution in [-0.2, 0) is 6.54 Å². The molecule has 18 heavy (non-hydrogen) atoms. The molecule has 0 fully saturated rings. The summed E-state index contributed by atoms with van der Waals surface area (Å²) in [4.78, 5) is 19.7. The molecule has 0 spiro atoms. The molecule has 7 nitrogen and oxygen atoms in total. The second-order valence-electron chi connectivity index (χ2n) is 3.25. The molecule has 0 atom stereocenters. The number of H-pyrrole nitrogens is 1. The Bertz CT molecular complexity index is 609. The summed E-state index contributed by atoms with van der Waals surface area (Å²) in [5.74, 6) is 0.688. The number of rotatable bonds is 4. The van der Waals surface area contributed by atoms with E-state index in [1.54, 1.807) is 7.05 Å². The number of nitrogens with one attached hydrogen (secondary N) is 2. The van der Waals surface area contributed by atoms with Crippen LogP contribution in [0.25, 0.3) is 0 Å². The molecule has 0 radical (unpaired) electrons. The van der Waals surface area contributed by atoms with Gasteiger partial charge < -0.3 is 5.32 Å². The molecule has 0 bridgehead atoms. The quantitative estimate of drug-likeness (QED) is 0.822. The summed E-state index contributed by atoms with van der Waals surface area (Å²) in [6.07, 6.45) is 1.46. The fourth-order valence-corrected chi connectivity index (χ4v) is 2.86. The van der Waals surface area contributed by atoms with Crippen molar-refractivity contribution in [2.24, 2.45) is 0 Å². The minimum atomic E-state index is -0.223. The minimum Gasteiger partial charge on any atom is -0.372 e. The molecule has 0 unspecified atom stereocenters. The van der Waals surface area contributed by atoms with E-state index in [4.69, 9.17) is 0 Å². The first-order valence-corrected chi connectivity index (χ1v) is 6.79. The number of aromatic nitrogens is 5. The van der Waals surface area contributed by atoms with Crippen LogP contribution in [0.5, 0.6) is 0 Å². The fraction of sp³-hybridized carbons (Fsp3) is 0.333. The molecular formula is C9H11BrN6OS. The standard InChI is InChI=1S/C9H11BrN6OS/c1-3-16-8(17)14-15-9(16)18-7-5(10)6(11-2)12-4-13-7/h4H,3H2,1-2H3,(H,14,17)(H,11,12,13). The first-order chi connectivity index (χ1) is 8.67. The van der Waals surface area contributed by atoms with Gasteiger partial charge in [0.05, 0.1) is 4.47 Å². The molecule has 2 aromatic heterocycles. The maximum Gasteiger partial charge on any atom is 0.343 e. The van der Waals surface area contributed by atoms with E-state index >= 15 is 0 Å². The number of aromatic amines is 1. The van der Waals surface area contributed by atoms with Crippen LogP contribution < -0.4 is 11.0 Å². The fourth-order valence-electron chi connectivity index (χ4n) is 1.35. The Morgan fingerprint density at radius 3 is 3.00 bits per heavy atom. The van der Waals surface area contributed by atoms with Gasteiger partial charge in [-0.1, -0.05) is 0 Å². The lowest BCUT2D eigenvalue weighted by Gasteiger charge is -2.06. The monoisotopic (exact) mass is 330 g/mol. The smallest absolute Gasteiger partial charge is 0.343 e. The van der Waals surface area contributed by atoms with E-state index in [2.05, 4.69) is 41.4 Å². The molecule has 9 heteroatoms. The first-order valence-electron chi connectivity index (χ1n) is 5.18. The van der Waals surface area contributed by atoms with Crippen LogP contribution in [0.1, 0.15) is 6.92 Å². The van der Waals surface area contributed by atoms with Gasteiger partial charge in [0.2, 0.25) is 0 Å². The molecule has 2 N–H and O–H groups in total. The van der Waals surface area contributed by atoms with E-state index in [0.29, 0.717) is 22.5 Å². The number of hydrogen-bond acceptors (Lipinski definition) is 6. The third-order valence-corrected chi connectivity index (χ3v) is 4.23.